The van der Waals surface area contributed by atoms with E-state index in [1.807, 2.05) is 74.4 Å². The first kappa shape index (κ1) is 35.0. The van der Waals surface area contributed by atoms with Crippen LogP contribution in [0.4, 0.5) is 11.4 Å². The van der Waals surface area contributed by atoms with Crippen molar-refractivity contribution in [3.8, 4) is 0 Å². The minimum Gasteiger partial charge on any atom is -0.478 e. The lowest BCUT2D eigenvalue weighted by atomic mass is 9.99. The van der Waals surface area contributed by atoms with E-state index in [0.717, 1.165) is 42.6 Å². The predicted molar refractivity (Wildman–Crippen MR) is 169 cm³/mol. The second kappa shape index (κ2) is 19.9. The summed E-state index contributed by atoms with van der Waals surface area (Å²) < 4.78 is 5.43. The maximum Gasteiger partial charge on any atom is 0.338 e. The van der Waals surface area contributed by atoms with Crippen LogP contribution in [0.15, 0.2) is 42.5 Å². The molecule has 0 bridgehead atoms. The summed E-state index contributed by atoms with van der Waals surface area (Å²) in [5.41, 5.74) is 4.18. The van der Waals surface area contributed by atoms with Gasteiger partial charge in [-0.3, -0.25) is 0 Å². The second-order valence-electron chi connectivity index (χ2n) is 11.0. The van der Waals surface area contributed by atoms with Crippen molar-refractivity contribution >= 4 is 23.3 Å². The third-order valence-electron chi connectivity index (χ3n) is 7.25. The number of carboxylic acids is 1. The van der Waals surface area contributed by atoms with Crippen molar-refractivity contribution < 1.29 is 19.4 Å². The molecule has 0 spiro atoms. The minimum absolute atomic E-state index is 0.217. The van der Waals surface area contributed by atoms with Crippen LogP contribution in [0, 0.1) is 5.92 Å². The summed E-state index contributed by atoms with van der Waals surface area (Å²) in [5, 5.41) is 9.25. The maximum absolute atomic E-state index is 12.0. The van der Waals surface area contributed by atoms with Crippen LogP contribution in [0.3, 0.4) is 0 Å². The van der Waals surface area contributed by atoms with Crippen molar-refractivity contribution in [2.24, 2.45) is 5.92 Å². The number of rotatable bonds is 17. The summed E-state index contributed by atoms with van der Waals surface area (Å²) in [6.45, 7) is 7.09. The monoisotopic (exact) mass is 554 g/mol. The Morgan fingerprint density at radius 3 is 1.90 bits per heavy atom. The first-order chi connectivity index (χ1) is 19.1. The molecule has 0 aliphatic carbocycles. The minimum atomic E-state index is -0.823. The number of aromatic carboxylic acids is 1. The zero-order valence-electron chi connectivity index (χ0n) is 26.2. The standard InChI is InChI=1S/2C17H27NO2/c1-5-7-8-14(6-2)13-20-17(19)15-9-11-16(12-10-15)18(3)4;1-4-5-6-7-8-9-10-14-13-15(18(2)3)11-12-16(14)17(19)20/h9-12,14H,5-8,13H2,1-4H3;11-13H,4-10H2,1-3H3,(H,19,20). The zero-order valence-corrected chi connectivity index (χ0v) is 26.2. The molecular formula is C34H54N2O4. The van der Waals surface area contributed by atoms with Crippen LogP contribution in [-0.2, 0) is 11.2 Å². The topological polar surface area (TPSA) is 70.1 Å². The van der Waals surface area contributed by atoms with Gasteiger partial charge in [-0.1, -0.05) is 72.1 Å². The normalized spacial score (nSPS) is 11.3. The van der Waals surface area contributed by atoms with E-state index in [-0.39, 0.29) is 5.97 Å². The van der Waals surface area contributed by atoms with Crippen LogP contribution in [0.25, 0.3) is 0 Å². The lowest BCUT2D eigenvalue weighted by Crippen LogP contribution is -2.14. The van der Waals surface area contributed by atoms with E-state index in [4.69, 9.17) is 4.74 Å². The Morgan fingerprint density at radius 2 is 1.35 bits per heavy atom. The van der Waals surface area contributed by atoms with Gasteiger partial charge in [0.1, 0.15) is 0 Å². The molecule has 2 aromatic carbocycles. The molecule has 0 fully saturated rings. The van der Waals surface area contributed by atoms with E-state index < -0.39 is 5.97 Å². The molecule has 1 atom stereocenters. The summed E-state index contributed by atoms with van der Waals surface area (Å²) in [6, 6.07) is 13.1. The molecule has 2 rings (SSSR count). The third kappa shape index (κ3) is 13.4. The van der Waals surface area contributed by atoms with Crippen LogP contribution < -0.4 is 9.80 Å². The number of hydrogen-bond donors (Lipinski definition) is 1. The molecule has 1 N–H and O–H groups in total. The number of carbonyl (C=O) groups is 2. The van der Waals surface area contributed by atoms with Crippen LogP contribution in [-0.4, -0.2) is 51.8 Å². The number of anilines is 2. The fraction of sp³-hybridized carbons (Fsp3) is 0.588. The highest BCUT2D eigenvalue weighted by molar-refractivity contribution is 5.90. The molecule has 0 amide bonds. The first-order valence-electron chi connectivity index (χ1n) is 15.1. The van der Waals surface area contributed by atoms with Gasteiger partial charge in [0, 0.05) is 39.6 Å². The fourth-order valence-corrected chi connectivity index (χ4v) is 4.44. The second-order valence-corrected chi connectivity index (χ2v) is 11.0. The highest BCUT2D eigenvalue weighted by atomic mass is 16.5. The van der Waals surface area contributed by atoms with Gasteiger partial charge in [0.25, 0.3) is 0 Å². The van der Waals surface area contributed by atoms with Gasteiger partial charge in [-0.05, 0) is 73.2 Å². The fourth-order valence-electron chi connectivity index (χ4n) is 4.44. The molecule has 0 aliphatic rings. The Kier molecular flexibility index (Phi) is 17.5. The van der Waals surface area contributed by atoms with E-state index in [9.17, 15) is 14.7 Å². The van der Waals surface area contributed by atoms with Gasteiger partial charge in [-0.2, -0.15) is 0 Å². The van der Waals surface area contributed by atoms with Crippen LogP contribution in [0.2, 0.25) is 0 Å². The van der Waals surface area contributed by atoms with E-state index >= 15 is 0 Å². The average molecular weight is 555 g/mol. The summed E-state index contributed by atoms with van der Waals surface area (Å²) in [4.78, 5) is 27.3. The van der Waals surface area contributed by atoms with E-state index in [1.54, 1.807) is 6.07 Å². The number of carboxylic acid groups (broad SMARTS) is 1. The summed E-state index contributed by atoms with van der Waals surface area (Å²) in [5.74, 6) is -0.554. The number of unbranched alkanes of at least 4 members (excludes halogenated alkanes) is 6. The molecule has 0 saturated carbocycles. The average Bonchev–Trinajstić information content (AvgIpc) is 2.95. The van der Waals surface area contributed by atoms with E-state index in [0.29, 0.717) is 23.7 Å². The molecule has 224 valence electrons. The Labute approximate surface area is 243 Å². The molecule has 0 radical (unpaired) electrons. The van der Waals surface area contributed by atoms with Crippen molar-refractivity contribution in [2.45, 2.75) is 91.4 Å². The first-order valence-corrected chi connectivity index (χ1v) is 15.1. The third-order valence-corrected chi connectivity index (χ3v) is 7.25. The molecule has 6 nitrogen and oxygen atoms in total. The van der Waals surface area contributed by atoms with Crippen molar-refractivity contribution in [2.75, 3.05) is 44.6 Å². The number of carbonyl (C=O) groups excluding carboxylic acids is 1. The molecule has 0 saturated heterocycles. The largest absolute Gasteiger partial charge is 0.478 e. The number of hydrogen-bond acceptors (Lipinski definition) is 5. The van der Waals surface area contributed by atoms with Crippen LogP contribution in [0.5, 0.6) is 0 Å². The van der Waals surface area contributed by atoms with Gasteiger partial charge >= 0.3 is 11.9 Å². The van der Waals surface area contributed by atoms with Crippen molar-refractivity contribution in [3.05, 3.63) is 59.2 Å². The Bertz CT molecular complexity index is 986. The number of aryl methyl sites for hydroxylation is 1. The van der Waals surface area contributed by atoms with Gasteiger partial charge in [0.15, 0.2) is 0 Å². The smallest absolute Gasteiger partial charge is 0.338 e. The number of ether oxygens (including phenoxy) is 1. The van der Waals surface area contributed by atoms with Gasteiger partial charge in [-0.25, -0.2) is 9.59 Å². The summed E-state index contributed by atoms with van der Waals surface area (Å²) in [7, 11) is 7.91. The molecule has 0 aromatic heterocycles. The van der Waals surface area contributed by atoms with Crippen LogP contribution in [0.1, 0.15) is 111 Å². The Morgan fingerprint density at radius 1 is 0.775 bits per heavy atom. The van der Waals surface area contributed by atoms with Crippen molar-refractivity contribution in [3.63, 3.8) is 0 Å². The lowest BCUT2D eigenvalue weighted by Gasteiger charge is -2.15. The SMILES string of the molecule is CCCCC(CC)COC(=O)c1ccc(N(C)C)cc1.CCCCCCCCc1cc(N(C)C)ccc1C(=O)O. The number of nitrogens with zero attached hydrogens (tertiary/aromatic N) is 2. The van der Waals surface area contributed by atoms with Crippen molar-refractivity contribution in [1.82, 2.24) is 0 Å². The van der Waals surface area contributed by atoms with Crippen LogP contribution >= 0.6 is 0 Å². The van der Waals surface area contributed by atoms with E-state index in [1.165, 1.54) is 44.9 Å². The van der Waals surface area contributed by atoms with Gasteiger partial charge in [-0.15, -0.1) is 0 Å². The highest BCUT2D eigenvalue weighted by Gasteiger charge is 2.13. The van der Waals surface area contributed by atoms with Gasteiger partial charge < -0.3 is 19.6 Å². The highest BCUT2D eigenvalue weighted by Crippen LogP contribution is 2.21. The Hall–Kier alpha value is -3.02. The number of esters is 1. The molecular weight excluding hydrogens is 500 g/mol. The van der Waals surface area contributed by atoms with Gasteiger partial charge in [0.05, 0.1) is 17.7 Å². The van der Waals surface area contributed by atoms with Gasteiger partial charge in [0.2, 0.25) is 0 Å². The summed E-state index contributed by atoms with van der Waals surface area (Å²) in [6.07, 6.45) is 12.8. The molecule has 1 unspecified atom stereocenters. The molecule has 6 heteroatoms. The maximum atomic E-state index is 12.0. The number of benzene rings is 2. The van der Waals surface area contributed by atoms with E-state index in [2.05, 4.69) is 20.8 Å². The lowest BCUT2D eigenvalue weighted by molar-refractivity contribution is 0.0428. The summed E-state index contributed by atoms with van der Waals surface area (Å²) >= 11 is 0. The Balaban J connectivity index is 0.000000400. The molecule has 2 aromatic rings. The van der Waals surface area contributed by atoms with Crippen molar-refractivity contribution in [1.29, 1.82) is 0 Å². The molecule has 40 heavy (non-hydrogen) atoms. The zero-order chi connectivity index (χ0) is 29.9. The molecule has 0 heterocycles. The predicted octanol–water partition coefficient (Wildman–Crippen LogP) is 8.48. The molecule has 0 aliphatic heterocycles. The quantitative estimate of drug-likeness (QED) is 0.156.